The number of aliphatic hydroxyl groups is 1. The van der Waals surface area contributed by atoms with Gasteiger partial charge in [-0.3, -0.25) is 0 Å². The highest BCUT2D eigenvalue weighted by Gasteiger charge is 2.23. The maximum atomic E-state index is 9.74. The van der Waals surface area contributed by atoms with Gasteiger partial charge in [-0.05, 0) is 24.5 Å². The van der Waals surface area contributed by atoms with Gasteiger partial charge in [0.25, 0.3) is 0 Å². The summed E-state index contributed by atoms with van der Waals surface area (Å²) in [6.07, 6.45) is 4.75. The minimum absolute atomic E-state index is 0.294. The molecule has 2 nitrogen and oxygen atoms in total. The highest BCUT2D eigenvalue weighted by molar-refractivity contribution is 5.36. The van der Waals surface area contributed by atoms with Gasteiger partial charge in [-0.15, -0.1) is 0 Å². The van der Waals surface area contributed by atoms with Crippen molar-refractivity contribution in [1.82, 2.24) is 4.57 Å². The van der Waals surface area contributed by atoms with E-state index in [1.54, 1.807) is 0 Å². The summed E-state index contributed by atoms with van der Waals surface area (Å²) in [5, 5.41) is 9.74. The zero-order valence-electron chi connectivity index (χ0n) is 8.07. The van der Waals surface area contributed by atoms with E-state index in [1.807, 2.05) is 23.0 Å². The van der Waals surface area contributed by atoms with Crippen LogP contribution in [0.4, 0.5) is 0 Å². The SMILES string of the molecule is CC(C)C1Cc2cccn2C=C1O. The molecule has 1 N–H and O–H groups in total. The molecule has 1 aliphatic rings. The Bertz CT molecular complexity index is 336. The molecule has 1 aromatic heterocycles. The largest absolute Gasteiger partial charge is 0.510 e. The molecule has 0 saturated heterocycles. The summed E-state index contributed by atoms with van der Waals surface area (Å²) in [6, 6.07) is 4.13. The maximum absolute atomic E-state index is 9.74. The molecule has 1 atom stereocenters. The van der Waals surface area contributed by atoms with Gasteiger partial charge in [-0.25, -0.2) is 0 Å². The van der Waals surface area contributed by atoms with Crippen molar-refractivity contribution in [2.45, 2.75) is 20.3 Å². The predicted molar refractivity (Wildman–Crippen MR) is 53.4 cm³/mol. The quantitative estimate of drug-likeness (QED) is 0.701. The molecule has 2 heteroatoms. The van der Waals surface area contributed by atoms with Crippen LogP contribution in [0.3, 0.4) is 0 Å². The molecular formula is C11H15NO. The Balaban J connectivity index is 2.34. The second-order valence-electron chi connectivity index (χ2n) is 4.02. The van der Waals surface area contributed by atoms with E-state index in [-0.39, 0.29) is 0 Å². The summed E-state index contributed by atoms with van der Waals surface area (Å²) in [4.78, 5) is 0. The Morgan fingerprint density at radius 2 is 2.31 bits per heavy atom. The number of allylic oxidation sites excluding steroid dienone is 1. The number of hydrogen-bond donors (Lipinski definition) is 1. The molecule has 1 aromatic rings. The standard InChI is InChI=1S/C11H15NO/c1-8(2)10-6-9-4-3-5-12(9)7-11(10)13/h3-5,7-8,10,13H,6H2,1-2H3. The molecular weight excluding hydrogens is 162 g/mol. The average Bonchev–Trinajstić information content (AvgIpc) is 2.48. The van der Waals surface area contributed by atoms with Crippen LogP contribution in [-0.4, -0.2) is 9.67 Å². The molecule has 0 aliphatic carbocycles. The molecule has 2 heterocycles. The average molecular weight is 177 g/mol. The lowest BCUT2D eigenvalue weighted by Gasteiger charge is -2.24. The van der Waals surface area contributed by atoms with Crippen LogP contribution in [0.2, 0.25) is 0 Å². The van der Waals surface area contributed by atoms with Crippen LogP contribution in [0.1, 0.15) is 19.5 Å². The van der Waals surface area contributed by atoms with Gasteiger partial charge in [0.2, 0.25) is 0 Å². The first-order valence-electron chi connectivity index (χ1n) is 4.75. The van der Waals surface area contributed by atoms with Gasteiger partial charge < -0.3 is 9.67 Å². The molecule has 0 bridgehead atoms. The van der Waals surface area contributed by atoms with Crippen molar-refractivity contribution < 1.29 is 5.11 Å². The number of fused-ring (bicyclic) bond motifs is 1. The van der Waals surface area contributed by atoms with E-state index in [0.29, 0.717) is 17.6 Å². The molecule has 1 unspecified atom stereocenters. The van der Waals surface area contributed by atoms with E-state index >= 15 is 0 Å². The Morgan fingerprint density at radius 1 is 1.54 bits per heavy atom. The monoisotopic (exact) mass is 177 g/mol. The highest BCUT2D eigenvalue weighted by atomic mass is 16.3. The highest BCUT2D eigenvalue weighted by Crippen LogP contribution is 2.28. The van der Waals surface area contributed by atoms with Crippen molar-refractivity contribution in [2.75, 3.05) is 0 Å². The normalized spacial score (nSPS) is 21.5. The molecule has 13 heavy (non-hydrogen) atoms. The number of hydrogen-bond acceptors (Lipinski definition) is 1. The third kappa shape index (κ3) is 1.37. The number of aromatic nitrogens is 1. The van der Waals surface area contributed by atoms with Gasteiger partial charge in [0.15, 0.2) is 0 Å². The van der Waals surface area contributed by atoms with E-state index in [1.165, 1.54) is 5.69 Å². The zero-order valence-corrected chi connectivity index (χ0v) is 8.07. The Hall–Kier alpha value is -1.18. The summed E-state index contributed by atoms with van der Waals surface area (Å²) < 4.78 is 1.99. The van der Waals surface area contributed by atoms with Gasteiger partial charge in [-0.2, -0.15) is 0 Å². The van der Waals surface area contributed by atoms with E-state index < -0.39 is 0 Å². The van der Waals surface area contributed by atoms with Crippen LogP contribution >= 0.6 is 0 Å². The van der Waals surface area contributed by atoms with E-state index in [2.05, 4.69) is 19.9 Å². The molecule has 2 rings (SSSR count). The lowest BCUT2D eigenvalue weighted by Crippen LogP contribution is -2.20. The summed E-state index contributed by atoms with van der Waals surface area (Å²) >= 11 is 0. The van der Waals surface area contributed by atoms with Crippen molar-refractivity contribution in [3.8, 4) is 0 Å². The molecule has 1 aliphatic heterocycles. The summed E-state index contributed by atoms with van der Waals surface area (Å²) in [7, 11) is 0. The first-order chi connectivity index (χ1) is 6.18. The topological polar surface area (TPSA) is 25.2 Å². The van der Waals surface area contributed by atoms with Crippen molar-refractivity contribution in [1.29, 1.82) is 0 Å². The van der Waals surface area contributed by atoms with Crippen molar-refractivity contribution in [3.05, 3.63) is 29.8 Å². The first-order valence-corrected chi connectivity index (χ1v) is 4.75. The summed E-state index contributed by atoms with van der Waals surface area (Å²) in [5.41, 5.74) is 1.29. The predicted octanol–water partition coefficient (Wildman–Crippen LogP) is 2.67. The van der Waals surface area contributed by atoms with Crippen LogP contribution in [0.15, 0.2) is 24.1 Å². The minimum atomic E-state index is 0.294. The van der Waals surface area contributed by atoms with Crippen LogP contribution in [0.25, 0.3) is 6.20 Å². The van der Waals surface area contributed by atoms with Crippen molar-refractivity contribution >= 4 is 6.20 Å². The Labute approximate surface area is 78.5 Å². The fraction of sp³-hybridized carbons (Fsp3) is 0.455. The fourth-order valence-corrected chi connectivity index (χ4v) is 1.87. The van der Waals surface area contributed by atoms with Gasteiger partial charge in [0.1, 0.15) is 5.76 Å². The van der Waals surface area contributed by atoms with Gasteiger partial charge in [0.05, 0.1) is 0 Å². The molecule has 70 valence electrons. The molecule has 0 saturated carbocycles. The molecule has 0 aromatic carbocycles. The van der Waals surface area contributed by atoms with Crippen LogP contribution in [-0.2, 0) is 6.42 Å². The van der Waals surface area contributed by atoms with Gasteiger partial charge >= 0.3 is 0 Å². The van der Waals surface area contributed by atoms with E-state index in [4.69, 9.17) is 0 Å². The molecule has 0 radical (unpaired) electrons. The first kappa shape index (κ1) is 8.42. The Kier molecular flexibility index (Phi) is 1.91. The lowest BCUT2D eigenvalue weighted by atomic mass is 9.88. The molecule has 0 spiro atoms. The van der Waals surface area contributed by atoms with E-state index in [9.17, 15) is 5.11 Å². The van der Waals surface area contributed by atoms with Crippen LogP contribution in [0.5, 0.6) is 0 Å². The van der Waals surface area contributed by atoms with Gasteiger partial charge in [0, 0.05) is 24.0 Å². The second-order valence-corrected chi connectivity index (χ2v) is 4.02. The summed E-state index contributed by atoms with van der Waals surface area (Å²) in [6.45, 7) is 4.29. The summed E-state index contributed by atoms with van der Waals surface area (Å²) in [5.74, 6) is 1.31. The zero-order chi connectivity index (χ0) is 9.42. The van der Waals surface area contributed by atoms with Crippen LogP contribution in [0, 0.1) is 11.8 Å². The second kappa shape index (κ2) is 2.95. The number of nitrogens with zero attached hydrogens (tertiary/aromatic N) is 1. The fourth-order valence-electron chi connectivity index (χ4n) is 1.87. The lowest BCUT2D eigenvalue weighted by molar-refractivity contribution is 0.275. The maximum Gasteiger partial charge on any atom is 0.112 e. The molecule has 0 amide bonds. The third-order valence-electron chi connectivity index (χ3n) is 2.75. The molecule has 0 fully saturated rings. The number of rotatable bonds is 1. The van der Waals surface area contributed by atoms with E-state index in [0.717, 1.165) is 6.42 Å². The third-order valence-corrected chi connectivity index (χ3v) is 2.75. The smallest absolute Gasteiger partial charge is 0.112 e. The van der Waals surface area contributed by atoms with Crippen molar-refractivity contribution in [3.63, 3.8) is 0 Å². The Morgan fingerprint density at radius 3 is 3.00 bits per heavy atom. The van der Waals surface area contributed by atoms with Crippen LogP contribution < -0.4 is 0 Å². The minimum Gasteiger partial charge on any atom is -0.510 e. The van der Waals surface area contributed by atoms with Crippen molar-refractivity contribution in [2.24, 2.45) is 11.8 Å². The number of aliphatic hydroxyl groups excluding tert-OH is 1. The van der Waals surface area contributed by atoms with Gasteiger partial charge in [-0.1, -0.05) is 13.8 Å².